The van der Waals surface area contributed by atoms with Crippen LogP contribution in [0.3, 0.4) is 0 Å². The largest absolute Gasteiger partial charge is 0.356 e. The fourth-order valence-corrected chi connectivity index (χ4v) is 3.51. The van der Waals surface area contributed by atoms with E-state index in [9.17, 15) is 14.4 Å². The zero-order chi connectivity index (χ0) is 20.4. The summed E-state index contributed by atoms with van der Waals surface area (Å²) in [6.45, 7) is 2.03. The summed E-state index contributed by atoms with van der Waals surface area (Å²) in [6, 6.07) is 20.2. The van der Waals surface area contributed by atoms with E-state index in [2.05, 4.69) is 15.0 Å². The van der Waals surface area contributed by atoms with Gasteiger partial charge in [-0.15, -0.1) is 0 Å². The zero-order valence-electron chi connectivity index (χ0n) is 15.6. The van der Waals surface area contributed by atoms with Gasteiger partial charge in [0.25, 0.3) is 0 Å². The van der Waals surface area contributed by atoms with Crippen LogP contribution in [0.4, 0.5) is 0 Å². The second-order valence-corrected chi connectivity index (χ2v) is 8.26. The Bertz CT molecular complexity index is 1210. The molecule has 0 fully saturated rings. The molecular formula is C22H18N3O3P. The zero-order valence-corrected chi connectivity index (χ0v) is 16.5. The number of aryl methyl sites for hydroxylation is 1. The topological polar surface area (TPSA) is 96.2 Å². The predicted molar refractivity (Wildman–Crippen MR) is 113 cm³/mol. The Kier molecular flexibility index (Phi) is 5.07. The van der Waals surface area contributed by atoms with Crippen LogP contribution in [0.1, 0.15) is 5.56 Å². The molecule has 4 rings (SSSR count). The Hall–Kier alpha value is -3.18. The van der Waals surface area contributed by atoms with Crippen LogP contribution in [0.15, 0.2) is 79.1 Å². The van der Waals surface area contributed by atoms with Crippen LogP contribution in [0.25, 0.3) is 33.9 Å². The van der Waals surface area contributed by atoms with Gasteiger partial charge in [-0.05, 0) is 54.4 Å². The molecule has 7 heteroatoms. The molecule has 0 aliphatic rings. The van der Waals surface area contributed by atoms with Gasteiger partial charge in [0.15, 0.2) is 0 Å². The molecule has 0 aliphatic heterocycles. The summed E-state index contributed by atoms with van der Waals surface area (Å²) >= 11 is 0. The number of hydrogen-bond acceptors (Lipinski definition) is 4. The van der Waals surface area contributed by atoms with Crippen molar-refractivity contribution >= 4 is 12.9 Å². The average Bonchev–Trinajstić information content (AvgIpc) is 2.74. The Morgan fingerprint density at radius 1 is 0.724 bits per heavy atom. The van der Waals surface area contributed by atoms with E-state index in [4.69, 9.17) is 0 Å². The fraction of sp³-hybridized carbons (Fsp3) is 0.0455. The molecule has 0 atom stereocenters. The van der Waals surface area contributed by atoms with Gasteiger partial charge in [-0.25, -0.2) is 4.98 Å². The SMILES string of the molecule is Cc1ccc(-c2cc(-c3ccccn3)nc(-c3cc(P(=O)(O)O)ccn3)c2)cc1. The van der Waals surface area contributed by atoms with Gasteiger partial charge >= 0.3 is 7.60 Å². The minimum atomic E-state index is -4.39. The van der Waals surface area contributed by atoms with Crippen LogP contribution in [-0.2, 0) is 4.57 Å². The van der Waals surface area contributed by atoms with E-state index in [1.54, 1.807) is 6.20 Å². The summed E-state index contributed by atoms with van der Waals surface area (Å²) in [4.78, 5) is 32.3. The van der Waals surface area contributed by atoms with Gasteiger partial charge in [0.2, 0.25) is 0 Å². The summed E-state index contributed by atoms with van der Waals surface area (Å²) in [5.41, 5.74) is 5.33. The summed E-state index contributed by atoms with van der Waals surface area (Å²) in [5.74, 6) is 0. The fourth-order valence-electron chi connectivity index (χ4n) is 2.96. The van der Waals surface area contributed by atoms with Gasteiger partial charge in [0.1, 0.15) is 0 Å². The van der Waals surface area contributed by atoms with Crippen LogP contribution in [-0.4, -0.2) is 24.7 Å². The summed E-state index contributed by atoms with van der Waals surface area (Å²) in [6.07, 6.45) is 3.08. The van der Waals surface area contributed by atoms with Crippen LogP contribution in [0.5, 0.6) is 0 Å². The van der Waals surface area contributed by atoms with E-state index in [1.807, 2.05) is 61.5 Å². The second-order valence-electron chi connectivity index (χ2n) is 6.65. The van der Waals surface area contributed by atoms with E-state index in [1.165, 1.54) is 18.3 Å². The number of rotatable bonds is 4. The lowest BCUT2D eigenvalue weighted by Crippen LogP contribution is -2.05. The van der Waals surface area contributed by atoms with Crippen molar-refractivity contribution in [3.05, 3.63) is 84.7 Å². The molecule has 3 heterocycles. The Labute approximate surface area is 168 Å². The van der Waals surface area contributed by atoms with Crippen molar-refractivity contribution in [2.45, 2.75) is 6.92 Å². The molecule has 0 spiro atoms. The first-order chi connectivity index (χ1) is 13.9. The van der Waals surface area contributed by atoms with Crippen LogP contribution in [0, 0.1) is 6.92 Å². The van der Waals surface area contributed by atoms with Gasteiger partial charge in [-0.3, -0.25) is 14.5 Å². The highest BCUT2D eigenvalue weighted by Gasteiger charge is 2.19. The third kappa shape index (κ3) is 4.30. The lowest BCUT2D eigenvalue weighted by atomic mass is 10.0. The van der Waals surface area contributed by atoms with E-state index in [-0.39, 0.29) is 5.30 Å². The van der Waals surface area contributed by atoms with Crippen LogP contribution < -0.4 is 5.30 Å². The van der Waals surface area contributed by atoms with Crippen LogP contribution >= 0.6 is 7.60 Å². The lowest BCUT2D eigenvalue weighted by Gasteiger charge is -2.11. The third-order valence-corrected chi connectivity index (χ3v) is 5.43. The van der Waals surface area contributed by atoms with E-state index in [0.717, 1.165) is 16.7 Å². The van der Waals surface area contributed by atoms with Gasteiger partial charge in [-0.2, -0.15) is 0 Å². The van der Waals surface area contributed by atoms with E-state index in [0.29, 0.717) is 22.8 Å². The maximum absolute atomic E-state index is 11.7. The average molecular weight is 403 g/mol. The first-order valence-corrected chi connectivity index (χ1v) is 10.5. The molecule has 1 aromatic carbocycles. The predicted octanol–water partition coefficient (Wildman–Crippen LogP) is 3.98. The molecule has 0 saturated carbocycles. The van der Waals surface area contributed by atoms with E-state index < -0.39 is 7.60 Å². The number of benzene rings is 1. The third-order valence-electron chi connectivity index (χ3n) is 4.48. The molecule has 29 heavy (non-hydrogen) atoms. The Morgan fingerprint density at radius 2 is 1.41 bits per heavy atom. The molecule has 3 aromatic heterocycles. The standard InChI is InChI=1S/C22H18N3O3P/c1-15-5-7-16(8-6-15)17-12-21(19-4-2-3-10-23-19)25-22(13-17)20-14-18(9-11-24-20)29(26,27)28/h2-14H,1H3,(H2,26,27,28). The second kappa shape index (κ2) is 7.68. The highest BCUT2D eigenvalue weighted by atomic mass is 31.2. The minimum absolute atomic E-state index is 0.0931. The van der Waals surface area contributed by atoms with Crippen molar-refractivity contribution in [2.24, 2.45) is 0 Å². The summed E-state index contributed by atoms with van der Waals surface area (Å²) in [5, 5.41) is -0.0931. The molecule has 2 N–H and O–H groups in total. The first kappa shape index (κ1) is 19.2. The molecular weight excluding hydrogens is 385 g/mol. The summed E-state index contributed by atoms with van der Waals surface area (Å²) in [7, 11) is -4.39. The Morgan fingerprint density at radius 3 is 2.07 bits per heavy atom. The maximum atomic E-state index is 11.7. The quantitative estimate of drug-likeness (QED) is 0.501. The number of aromatic nitrogens is 3. The van der Waals surface area contributed by atoms with E-state index >= 15 is 0 Å². The monoisotopic (exact) mass is 403 g/mol. The maximum Gasteiger partial charge on any atom is 0.356 e. The molecule has 0 unspecified atom stereocenters. The van der Waals surface area contributed by atoms with Crippen molar-refractivity contribution in [1.29, 1.82) is 0 Å². The van der Waals surface area contributed by atoms with Crippen molar-refractivity contribution in [2.75, 3.05) is 0 Å². The lowest BCUT2D eigenvalue weighted by molar-refractivity contribution is 0.387. The smallest absolute Gasteiger partial charge is 0.321 e. The highest BCUT2D eigenvalue weighted by molar-refractivity contribution is 7.60. The molecule has 6 nitrogen and oxygen atoms in total. The number of hydrogen-bond donors (Lipinski definition) is 2. The summed E-state index contributed by atoms with van der Waals surface area (Å²) < 4.78 is 11.7. The molecule has 0 saturated heterocycles. The van der Waals surface area contributed by atoms with Crippen molar-refractivity contribution in [3.63, 3.8) is 0 Å². The molecule has 0 amide bonds. The van der Waals surface area contributed by atoms with Crippen LogP contribution in [0.2, 0.25) is 0 Å². The van der Waals surface area contributed by atoms with Gasteiger partial charge in [-0.1, -0.05) is 35.9 Å². The van der Waals surface area contributed by atoms with Crippen molar-refractivity contribution in [1.82, 2.24) is 15.0 Å². The molecule has 0 aliphatic carbocycles. The molecule has 0 radical (unpaired) electrons. The first-order valence-electron chi connectivity index (χ1n) is 8.93. The van der Waals surface area contributed by atoms with Crippen molar-refractivity contribution < 1.29 is 14.4 Å². The molecule has 144 valence electrons. The van der Waals surface area contributed by atoms with Gasteiger partial charge in [0.05, 0.1) is 28.1 Å². The highest BCUT2D eigenvalue weighted by Crippen LogP contribution is 2.34. The number of pyridine rings is 3. The number of nitrogens with zero attached hydrogens (tertiary/aromatic N) is 3. The molecule has 0 bridgehead atoms. The van der Waals surface area contributed by atoms with Gasteiger partial charge < -0.3 is 9.79 Å². The van der Waals surface area contributed by atoms with Crippen molar-refractivity contribution in [3.8, 4) is 33.9 Å². The van der Waals surface area contributed by atoms with Gasteiger partial charge in [0, 0.05) is 12.4 Å². The normalized spacial score (nSPS) is 11.4. The molecule has 4 aromatic rings. The minimum Gasteiger partial charge on any atom is -0.321 e. The Balaban J connectivity index is 1.91.